The van der Waals surface area contributed by atoms with Crippen LogP contribution in [0.2, 0.25) is 0 Å². The normalized spacial score (nSPS) is 12.0. The van der Waals surface area contributed by atoms with Crippen molar-refractivity contribution in [3.05, 3.63) is 94.5 Å². The van der Waals surface area contributed by atoms with E-state index in [-0.39, 0.29) is 12.7 Å². The standard InChI is InChI=1S/C26H19FN6O3S2/c27-18-5-1-2-6-20(18)33-24(17-4-3-9-28-12-17)31-32-26(33)38-14-23-30-19(13-37-23)25(34)29-11-16-7-8-21-22(10-16)36-15-35-21/h1-10,12-13H,11,14-15H2,(H,29,34). The molecule has 9 nitrogen and oxygen atoms in total. The Labute approximate surface area is 224 Å². The maximum Gasteiger partial charge on any atom is 0.271 e. The Bertz CT molecular complexity index is 1610. The van der Waals surface area contributed by atoms with E-state index in [1.165, 1.54) is 29.2 Å². The van der Waals surface area contributed by atoms with E-state index in [1.54, 1.807) is 46.6 Å². The van der Waals surface area contributed by atoms with E-state index in [4.69, 9.17) is 9.47 Å². The number of carbonyl (C=O) groups excluding carboxylic acids is 1. The van der Waals surface area contributed by atoms with Gasteiger partial charge < -0.3 is 14.8 Å². The number of benzene rings is 2. The molecule has 4 heterocycles. The minimum Gasteiger partial charge on any atom is -0.454 e. The molecule has 6 rings (SSSR count). The van der Waals surface area contributed by atoms with Crippen molar-refractivity contribution in [1.82, 2.24) is 30.0 Å². The Balaban J connectivity index is 1.16. The molecule has 0 fully saturated rings. The predicted molar refractivity (Wildman–Crippen MR) is 140 cm³/mol. The molecule has 0 atom stereocenters. The van der Waals surface area contributed by atoms with Crippen LogP contribution in [0.15, 0.2) is 77.5 Å². The van der Waals surface area contributed by atoms with Crippen molar-refractivity contribution < 1.29 is 18.7 Å². The van der Waals surface area contributed by atoms with Crippen LogP contribution in [0.3, 0.4) is 0 Å². The van der Waals surface area contributed by atoms with Crippen LogP contribution in [0, 0.1) is 5.82 Å². The third-order valence-electron chi connectivity index (χ3n) is 5.65. The molecule has 0 spiro atoms. The molecule has 0 unspecified atom stereocenters. The molecule has 0 bridgehead atoms. The minimum absolute atomic E-state index is 0.201. The maximum atomic E-state index is 14.8. The topological polar surface area (TPSA) is 104 Å². The van der Waals surface area contributed by atoms with Gasteiger partial charge in [0.05, 0.1) is 11.4 Å². The number of hydrogen-bond acceptors (Lipinski definition) is 9. The fourth-order valence-corrected chi connectivity index (χ4v) is 5.56. The van der Waals surface area contributed by atoms with Crippen molar-refractivity contribution in [2.45, 2.75) is 17.5 Å². The first-order chi connectivity index (χ1) is 18.7. The molecule has 1 amide bonds. The lowest BCUT2D eigenvalue weighted by Crippen LogP contribution is -2.23. The first-order valence-electron chi connectivity index (χ1n) is 11.5. The molecule has 1 N–H and O–H groups in total. The molecule has 0 saturated heterocycles. The van der Waals surface area contributed by atoms with Gasteiger partial charge in [-0.05, 0) is 42.0 Å². The molecule has 12 heteroatoms. The smallest absolute Gasteiger partial charge is 0.271 e. The molecule has 0 saturated carbocycles. The first-order valence-corrected chi connectivity index (χ1v) is 13.4. The second-order valence-corrected chi connectivity index (χ2v) is 10.0. The summed E-state index contributed by atoms with van der Waals surface area (Å²) in [4.78, 5) is 21.3. The third-order valence-corrected chi connectivity index (χ3v) is 7.62. The summed E-state index contributed by atoms with van der Waals surface area (Å²) in [6.45, 7) is 0.534. The van der Waals surface area contributed by atoms with Crippen molar-refractivity contribution >= 4 is 29.0 Å². The Kier molecular flexibility index (Phi) is 6.71. The van der Waals surface area contributed by atoms with Crippen molar-refractivity contribution in [1.29, 1.82) is 0 Å². The summed E-state index contributed by atoms with van der Waals surface area (Å²) in [6.07, 6.45) is 3.32. The number of halogens is 1. The first kappa shape index (κ1) is 24.1. The zero-order valence-corrected chi connectivity index (χ0v) is 21.3. The summed E-state index contributed by atoms with van der Waals surface area (Å²) in [6, 6.07) is 15.6. The summed E-state index contributed by atoms with van der Waals surface area (Å²) < 4.78 is 27.1. The third kappa shape index (κ3) is 4.95. The van der Waals surface area contributed by atoms with E-state index in [1.807, 2.05) is 24.3 Å². The van der Waals surface area contributed by atoms with E-state index in [9.17, 15) is 9.18 Å². The quantitative estimate of drug-likeness (QED) is 0.275. The minimum atomic E-state index is -0.394. The van der Waals surface area contributed by atoms with Gasteiger partial charge in [-0.1, -0.05) is 30.0 Å². The highest BCUT2D eigenvalue weighted by Crippen LogP contribution is 2.33. The van der Waals surface area contributed by atoms with Gasteiger partial charge in [0.15, 0.2) is 22.5 Å². The Morgan fingerprint density at radius 1 is 1.11 bits per heavy atom. The van der Waals surface area contributed by atoms with Gasteiger partial charge in [0, 0.05) is 29.9 Å². The van der Waals surface area contributed by atoms with E-state index in [0.717, 1.165) is 10.6 Å². The fourth-order valence-electron chi connectivity index (χ4n) is 3.83. The number of para-hydroxylation sites is 1. The van der Waals surface area contributed by atoms with Crippen molar-refractivity contribution in [2.75, 3.05) is 6.79 Å². The Morgan fingerprint density at radius 2 is 2.00 bits per heavy atom. The van der Waals surface area contributed by atoms with Gasteiger partial charge in [0.1, 0.15) is 16.5 Å². The molecule has 1 aliphatic heterocycles. The number of pyridine rings is 1. The molecular weight excluding hydrogens is 527 g/mol. The average molecular weight is 547 g/mol. The molecule has 1 aliphatic rings. The van der Waals surface area contributed by atoms with Gasteiger partial charge in [-0.25, -0.2) is 9.37 Å². The number of amides is 1. The van der Waals surface area contributed by atoms with Gasteiger partial charge >= 0.3 is 0 Å². The molecule has 3 aromatic heterocycles. The summed E-state index contributed by atoms with van der Waals surface area (Å²) in [5, 5.41) is 14.5. The predicted octanol–water partition coefficient (Wildman–Crippen LogP) is 4.88. The van der Waals surface area contributed by atoms with Crippen molar-refractivity contribution in [3.63, 3.8) is 0 Å². The van der Waals surface area contributed by atoms with Crippen LogP contribution in [0.1, 0.15) is 21.1 Å². The molecule has 0 radical (unpaired) electrons. The van der Waals surface area contributed by atoms with Gasteiger partial charge in [0.25, 0.3) is 5.91 Å². The average Bonchev–Trinajstić information content (AvgIpc) is 3.71. The number of rotatable bonds is 8. The fraction of sp³-hybridized carbons (Fsp3) is 0.115. The summed E-state index contributed by atoms with van der Waals surface area (Å²) in [5.41, 5.74) is 2.27. The Morgan fingerprint density at radius 3 is 2.87 bits per heavy atom. The molecule has 5 aromatic rings. The summed E-state index contributed by atoms with van der Waals surface area (Å²) >= 11 is 2.73. The highest BCUT2D eigenvalue weighted by atomic mass is 32.2. The van der Waals surface area contributed by atoms with Gasteiger partial charge in [-0.15, -0.1) is 21.5 Å². The molecule has 190 valence electrons. The van der Waals surface area contributed by atoms with Crippen molar-refractivity contribution in [3.8, 4) is 28.6 Å². The number of carbonyl (C=O) groups is 1. The van der Waals surface area contributed by atoms with Crippen LogP contribution in [0.5, 0.6) is 11.5 Å². The number of nitrogens with one attached hydrogen (secondary N) is 1. The zero-order chi connectivity index (χ0) is 25.9. The molecule has 38 heavy (non-hydrogen) atoms. The number of ether oxygens (including phenoxy) is 2. The largest absolute Gasteiger partial charge is 0.454 e. The van der Waals surface area contributed by atoms with Crippen molar-refractivity contribution in [2.24, 2.45) is 0 Å². The van der Waals surface area contributed by atoms with Crippen LogP contribution < -0.4 is 14.8 Å². The van der Waals surface area contributed by atoms with Crippen LogP contribution in [0.25, 0.3) is 17.1 Å². The highest BCUT2D eigenvalue weighted by molar-refractivity contribution is 7.98. The second kappa shape index (κ2) is 10.6. The molecule has 2 aromatic carbocycles. The monoisotopic (exact) mass is 546 g/mol. The highest BCUT2D eigenvalue weighted by Gasteiger charge is 2.20. The van der Waals surface area contributed by atoms with Crippen LogP contribution in [0.4, 0.5) is 4.39 Å². The number of thioether (sulfide) groups is 1. The van der Waals surface area contributed by atoms with Gasteiger partial charge in [0.2, 0.25) is 6.79 Å². The van der Waals surface area contributed by atoms with E-state index in [0.29, 0.717) is 51.7 Å². The van der Waals surface area contributed by atoms with E-state index in [2.05, 4.69) is 25.5 Å². The van der Waals surface area contributed by atoms with Gasteiger partial charge in [-0.3, -0.25) is 14.3 Å². The SMILES string of the molecule is O=C(NCc1ccc2c(c1)OCO2)c1csc(CSc2nnc(-c3cccnc3)n2-c2ccccc2F)n1. The summed E-state index contributed by atoms with van der Waals surface area (Å²) in [7, 11) is 0. The zero-order valence-electron chi connectivity index (χ0n) is 19.7. The second-order valence-electron chi connectivity index (χ2n) is 8.12. The molecule has 0 aliphatic carbocycles. The van der Waals surface area contributed by atoms with Gasteiger partial charge in [-0.2, -0.15) is 0 Å². The molecular formula is C26H19FN6O3S2. The Hall–Kier alpha value is -4.29. The summed E-state index contributed by atoms with van der Waals surface area (Å²) in [5.74, 6) is 1.60. The van der Waals surface area contributed by atoms with E-state index >= 15 is 0 Å². The lowest BCUT2D eigenvalue weighted by Gasteiger charge is -2.10. The number of hydrogen-bond donors (Lipinski definition) is 1. The van der Waals surface area contributed by atoms with Crippen LogP contribution >= 0.6 is 23.1 Å². The lowest BCUT2D eigenvalue weighted by molar-refractivity contribution is 0.0946. The number of nitrogens with zero attached hydrogens (tertiary/aromatic N) is 5. The maximum absolute atomic E-state index is 14.8. The van der Waals surface area contributed by atoms with E-state index < -0.39 is 5.82 Å². The van der Waals surface area contributed by atoms with Crippen LogP contribution in [-0.2, 0) is 12.3 Å². The van der Waals surface area contributed by atoms with Crippen LogP contribution in [-0.4, -0.2) is 37.4 Å². The number of fused-ring (bicyclic) bond motifs is 1. The number of thiazole rings is 1. The number of aromatic nitrogens is 5. The lowest BCUT2D eigenvalue weighted by atomic mass is 10.2.